The topological polar surface area (TPSA) is 42.9 Å². The van der Waals surface area contributed by atoms with Gasteiger partial charge in [0.05, 0.1) is 68.4 Å². The molecule has 0 atom stereocenters. The molecule has 0 N–H and O–H groups in total. The van der Waals surface area contributed by atoms with Gasteiger partial charge in [-0.05, 0) is 60.2 Å². The molecule has 6 aromatic heterocycles. The van der Waals surface area contributed by atoms with Crippen molar-refractivity contribution in [2.75, 3.05) is 0 Å². The molecule has 76 heavy (non-hydrogen) atoms. The van der Waals surface area contributed by atoms with Crippen LogP contribution in [0.5, 0.6) is 0 Å². The van der Waals surface area contributed by atoms with Gasteiger partial charge in [0.2, 0.25) is 5.69 Å². The van der Waals surface area contributed by atoms with Crippen LogP contribution in [0, 0.1) is 17.9 Å². The predicted octanol–water partition coefficient (Wildman–Crippen LogP) is 20.2. The zero-order valence-electron chi connectivity index (χ0n) is 40.2. The number of rotatable bonds is 4. The summed E-state index contributed by atoms with van der Waals surface area (Å²) >= 11 is 5.46. The second-order valence-electron chi connectivity index (χ2n) is 19.6. The molecule has 0 bridgehead atoms. The molecule has 17 aromatic rings. The number of thiophene rings is 3. The number of nitriles is 1. The van der Waals surface area contributed by atoms with Gasteiger partial charge in [-0.1, -0.05) is 158 Å². The molecule has 5 nitrogen and oxygen atoms in total. The Morgan fingerprint density at radius 2 is 0.697 bits per heavy atom. The lowest BCUT2D eigenvalue weighted by atomic mass is 9.93. The van der Waals surface area contributed by atoms with Crippen molar-refractivity contribution in [3.63, 3.8) is 0 Å². The maximum atomic E-state index is 12.2. The Morgan fingerprint density at radius 3 is 1.11 bits per heavy atom. The zero-order valence-corrected chi connectivity index (χ0v) is 42.6. The molecule has 0 aliphatic carbocycles. The summed E-state index contributed by atoms with van der Waals surface area (Å²) in [5, 5.41) is 26.2. The van der Waals surface area contributed by atoms with E-state index in [0.29, 0.717) is 16.9 Å². The molecule has 0 radical (unpaired) electrons. The molecule has 0 saturated heterocycles. The molecule has 0 aliphatic rings. The molecular weight excluding hydrogens is 983 g/mol. The fourth-order valence-electron chi connectivity index (χ4n) is 12.9. The highest BCUT2D eigenvalue weighted by Crippen LogP contribution is 2.55. The van der Waals surface area contributed by atoms with Gasteiger partial charge in [-0.3, -0.25) is 0 Å². The van der Waals surface area contributed by atoms with Gasteiger partial charge in [-0.2, -0.15) is 5.26 Å². The minimum absolute atomic E-state index is 0.286. The van der Waals surface area contributed by atoms with E-state index in [2.05, 4.69) is 237 Å². The van der Waals surface area contributed by atoms with Gasteiger partial charge in [0, 0.05) is 98.4 Å². The van der Waals surface area contributed by atoms with Crippen LogP contribution in [-0.4, -0.2) is 13.7 Å². The molecule has 17 rings (SSSR count). The van der Waals surface area contributed by atoms with Crippen LogP contribution in [0.4, 0.5) is 5.69 Å². The van der Waals surface area contributed by atoms with Crippen molar-refractivity contribution in [2.45, 2.75) is 0 Å². The summed E-state index contributed by atoms with van der Waals surface area (Å²) in [5.41, 5.74) is 10.4. The van der Waals surface area contributed by atoms with E-state index in [1.54, 1.807) is 0 Å². The first-order valence-corrected chi connectivity index (χ1v) is 27.7. The summed E-state index contributed by atoms with van der Waals surface area (Å²) in [6.07, 6.45) is 0. The first-order valence-electron chi connectivity index (χ1n) is 25.3. The van der Waals surface area contributed by atoms with E-state index in [-0.39, 0.29) is 5.69 Å². The van der Waals surface area contributed by atoms with E-state index in [4.69, 9.17) is 0 Å². The molecule has 0 spiro atoms. The van der Waals surface area contributed by atoms with Crippen LogP contribution in [0.2, 0.25) is 0 Å². The van der Waals surface area contributed by atoms with Gasteiger partial charge in [-0.25, -0.2) is 4.85 Å². The minimum Gasteiger partial charge on any atom is -0.317 e. The Kier molecular flexibility index (Phi) is 8.54. The zero-order chi connectivity index (χ0) is 49.9. The SMILES string of the molecule is [C-]#[N+]c1c(C#N)c(-n2c3ccccc3c3c4sc5ccccc5c4ccc32)c(-c2ccccc2)c(-n2c3ccccc3c3c4sc5ccccc5c4ccc32)c1-n1c2ccccc2c2c3sc4ccccc4c3ccc21. The summed E-state index contributed by atoms with van der Waals surface area (Å²) < 4.78 is 14.4. The van der Waals surface area contributed by atoms with Gasteiger partial charge in [-0.15, -0.1) is 34.0 Å². The first kappa shape index (κ1) is 41.9. The van der Waals surface area contributed by atoms with Crippen molar-refractivity contribution in [2.24, 2.45) is 0 Å². The fourth-order valence-corrected chi connectivity index (χ4v) is 16.6. The Bertz CT molecular complexity index is 5510. The highest BCUT2D eigenvalue weighted by atomic mass is 32.1. The summed E-state index contributed by atoms with van der Waals surface area (Å²) in [7, 11) is 0. The molecule has 0 amide bonds. The van der Waals surface area contributed by atoms with E-state index < -0.39 is 0 Å². The number of nitrogens with zero attached hydrogens (tertiary/aromatic N) is 5. The quantitative estimate of drug-likeness (QED) is 0.162. The van der Waals surface area contributed by atoms with Crippen LogP contribution in [0.15, 0.2) is 212 Å². The largest absolute Gasteiger partial charge is 0.317 e. The first-order chi connectivity index (χ1) is 37.7. The van der Waals surface area contributed by atoms with Crippen LogP contribution in [-0.2, 0) is 0 Å². The van der Waals surface area contributed by atoms with Crippen LogP contribution in [0.1, 0.15) is 5.56 Å². The van der Waals surface area contributed by atoms with Gasteiger partial charge < -0.3 is 13.7 Å². The number of fused-ring (bicyclic) bond motifs is 21. The Morgan fingerprint density at radius 1 is 0.342 bits per heavy atom. The third-order valence-electron chi connectivity index (χ3n) is 15.9. The second-order valence-corrected chi connectivity index (χ2v) is 22.8. The highest BCUT2D eigenvalue weighted by Gasteiger charge is 2.34. The number of hydrogen-bond donors (Lipinski definition) is 0. The molecule has 8 heteroatoms. The lowest BCUT2D eigenvalue weighted by molar-refractivity contribution is 1.08. The average Bonchev–Trinajstić information content (AvgIpc) is 4.48. The summed E-state index contributed by atoms with van der Waals surface area (Å²) in [4.78, 5) is 4.65. The van der Waals surface area contributed by atoms with Gasteiger partial charge in [0.25, 0.3) is 0 Å². The van der Waals surface area contributed by atoms with E-state index in [9.17, 15) is 11.8 Å². The highest BCUT2D eigenvalue weighted by molar-refractivity contribution is 7.27. The van der Waals surface area contributed by atoms with Crippen LogP contribution < -0.4 is 0 Å². The number of hydrogen-bond acceptors (Lipinski definition) is 4. The van der Waals surface area contributed by atoms with Crippen LogP contribution in [0.25, 0.3) is 159 Å². The molecule has 0 unspecified atom stereocenters. The van der Waals surface area contributed by atoms with Crippen molar-refractivity contribution in [3.05, 3.63) is 229 Å². The van der Waals surface area contributed by atoms with E-state index in [1.165, 1.54) is 60.5 Å². The number of para-hydroxylation sites is 3. The van der Waals surface area contributed by atoms with Gasteiger partial charge >= 0.3 is 0 Å². The van der Waals surface area contributed by atoms with Crippen molar-refractivity contribution in [1.29, 1.82) is 5.26 Å². The molecule has 350 valence electrons. The normalized spacial score (nSPS) is 12.2. The van der Waals surface area contributed by atoms with Crippen molar-refractivity contribution in [3.8, 4) is 34.3 Å². The fraction of sp³-hybridized carbons (Fsp3) is 0. The molecular formula is C68H35N5S3. The third-order valence-corrected chi connectivity index (χ3v) is 19.5. The van der Waals surface area contributed by atoms with Gasteiger partial charge in [0.15, 0.2) is 0 Å². The third kappa shape index (κ3) is 5.39. The minimum atomic E-state index is 0.286. The maximum absolute atomic E-state index is 12.2. The average molecular weight is 1020 g/mol. The maximum Gasteiger partial charge on any atom is 0.232 e. The van der Waals surface area contributed by atoms with E-state index in [0.717, 1.165) is 82.2 Å². The number of benzene rings is 11. The Labute approximate surface area is 445 Å². The molecule has 0 saturated carbocycles. The van der Waals surface area contributed by atoms with Crippen LogP contribution >= 0.6 is 34.0 Å². The smallest absolute Gasteiger partial charge is 0.232 e. The Hall–Kier alpha value is -9.54. The summed E-state index contributed by atoms with van der Waals surface area (Å²) in [5.74, 6) is 0. The second kappa shape index (κ2) is 15.5. The molecule has 6 heterocycles. The summed E-state index contributed by atoms with van der Waals surface area (Å²) in [6.45, 7) is 9.61. The monoisotopic (exact) mass is 1020 g/mol. The van der Waals surface area contributed by atoms with Crippen molar-refractivity contribution in [1.82, 2.24) is 13.7 Å². The molecule has 0 fully saturated rings. The number of aromatic nitrogens is 3. The predicted molar refractivity (Wildman–Crippen MR) is 325 cm³/mol. The van der Waals surface area contributed by atoms with Crippen LogP contribution in [0.3, 0.4) is 0 Å². The van der Waals surface area contributed by atoms with E-state index in [1.807, 2.05) is 34.0 Å². The lowest BCUT2D eigenvalue weighted by Gasteiger charge is -2.27. The van der Waals surface area contributed by atoms with Crippen molar-refractivity contribution < 1.29 is 0 Å². The van der Waals surface area contributed by atoms with Crippen molar-refractivity contribution >= 4 is 166 Å². The molecule has 11 aromatic carbocycles. The summed E-state index contributed by atoms with van der Waals surface area (Å²) in [6, 6.07) is 78.9. The van der Waals surface area contributed by atoms with Gasteiger partial charge in [0.1, 0.15) is 0 Å². The van der Waals surface area contributed by atoms with E-state index >= 15 is 0 Å². The Balaban J connectivity index is 1.15. The molecule has 0 aliphatic heterocycles. The lowest BCUT2D eigenvalue weighted by Crippen LogP contribution is -2.12. The standard InChI is InChI=1S/C68H35N5S3/c1-70-62-48(37-69)63(71-49-25-11-5-22-45(49)59-52(71)34-31-42-39-19-8-14-28-55(39)74-66(42)59)58(38-17-3-2-4-18-38)64(72-50-26-12-6-23-46(50)60-53(72)35-32-43-40-20-9-15-29-56(40)75-67(43)60)65(62)73-51-27-13-7-24-47(51)61-54(73)36-33-44-41-21-10-16-30-57(41)76-68(44)61/h2-36H.